The summed E-state index contributed by atoms with van der Waals surface area (Å²) in [7, 11) is 3.97. The van der Waals surface area contributed by atoms with E-state index in [4.69, 9.17) is 0 Å². The molecule has 1 heterocycles. The third-order valence-corrected chi connectivity index (χ3v) is 3.61. The second kappa shape index (κ2) is 7.04. The molecule has 1 amide bonds. The molecule has 0 unspecified atom stereocenters. The number of carbonyl (C=O) groups excluding carboxylic acids is 1. The molecular weight excluding hydrogens is 278 g/mol. The Balaban J connectivity index is 2.10. The molecule has 0 fully saturated rings. The van der Waals surface area contributed by atoms with Crippen LogP contribution in [0.2, 0.25) is 0 Å². The molecule has 0 radical (unpaired) electrons. The number of carbonyl (C=O) groups is 1. The number of nitrogens with zero attached hydrogens (tertiary/aromatic N) is 2. The number of aryl methyl sites for hydroxylation is 1. The summed E-state index contributed by atoms with van der Waals surface area (Å²) in [6, 6.07) is 9.62. The highest BCUT2D eigenvalue weighted by Gasteiger charge is 2.17. The fraction of sp³-hybridized carbons (Fsp3) is 0.294. The first-order valence-electron chi connectivity index (χ1n) is 7.13. The van der Waals surface area contributed by atoms with Crippen molar-refractivity contribution >= 4 is 5.91 Å². The number of aromatic nitrogens is 1. The van der Waals surface area contributed by atoms with Gasteiger partial charge in [0.25, 0.3) is 5.91 Å². The van der Waals surface area contributed by atoms with Crippen LogP contribution in [-0.2, 0) is 0 Å². The van der Waals surface area contributed by atoms with Crippen LogP contribution < -0.4 is 5.32 Å². The Morgan fingerprint density at radius 1 is 1.32 bits per heavy atom. The van der Waals surface area contributed by atoms with Crippen molar-refractivity contribution in [2.45, 2.75) is 13.0 Å². The number of benzene rings is 1. The molecule has 0 bridgehead atoms. The lowest BCUT2D eigenvalue weighted by Crippen LogP contribution is -2.34. The molecule has 1 aromatic heterocycles. The highest BCUT2D eigenvalue weighted by molar-refractivity contribution is 5.94. The van der Waals surface area contributed by atoms with Gasteiger partial charge < -0.3 is 15.3 Å². The minimum Gasteiger partial charge on any atom is -0.506 e. The molecule has 0 aliphatic heterocycles. The van der Waals surface area contributed by atoms with Crippen LogP contribution in [0.3, 0.4) is 0 Å². The van der Waals surface area contributed by atoms with Gasteiger partial charge in [0.15, 0.2) is 0 Å². The third-order valence-electron chi connectivity index (χ3n) is 3.61. The highest BCUT2D eigenvalue weighted by atomic mass is 16.3. The van der Waals surface area contributed by atoms with Crippen LogP contribution in [0.25, 0.3) is 0 Å². The van der Waals surface area contributed by atoms with Gasteiger partial charge in [0.2, 0.25) is 0 Å². The minimum absolute atomic E-state index is 0.0179. The summed E-state index contributed by atoms with van der Waals surface area (Å²) in [5.74, 6) is -0.264. The second-order valence-electron chi connectivity index (χ2n) is 5.48. The van der Waals surface area contributed by atoms with Gasteiger partial charge in [-0.25, -0.2) is 0 Å². The number of likely N-dealkylation sites (N-methyl/N-ethyl adjacent to an activating group) is 1. The number of hydrogen-bond donors (Lipinski definition) is 2. The first-order chi connectivity index (χ1) is 10.5. The van der Waals surface area contributed by atoms with Gasteiger partial charge in [-0.15, -0.1) is 0 Å². The summed E-state index contributed by atoms with van der Waals surface area (Å²) >= 11 is 0. The van der Waals surface area contributed by atoms with E-state index in [9.17, 15) is 9.90 Å². The van der Waals surface area contributed by atoms with Crippen LogP contribution in [-0.4, -0.2) is 41.5 Å². The molecule has 116 valence electrons. The van der Waals surface area contributed by atoms with E-state index in [-0.39, 0.29) is 17.7 Å². The number of nitrogens with one attached hydrogen (secondary N) is 1. The molecule has 1 atom stereocenters. The molecule has 5 nitrogen and oxygen atoms in total. The molecule has 0 aliphatic rings. The third kappa shape index (κ3) is 3.83. The van der Waals surface area contributed by atoms with E-state index < -0.39 is 0 Å². The maximum atomic E-state index is 12.2. The largest absolute Gasteiger partial charge is 0.506 e. The number of hydrogen-bond acceptors (Lipinski definition) is 4. The Kier molecular flexibility index (Phi) is 5.12. The van der Waals surface area contributed by atoms with E-state index >= 15 is 0 Å². The van der Waals surface area contributed by atoms with Crippen molar-refractivity contribution in [3.63, 3.8) is 0 Å². The topological polar surface area (TPSA) is 65.5 Å². The molecule has 22 heavy (non-hydrogen) atoms. The zero-order valence-electron chi connectivity index (χ0n) is 13.1. The van der Waals surface area contributed by atoms with Crippen LogP contribution >= 0.6 is 0 Å². The first-order valence-corrected chi connectivity index (χ1v) is 7.13. The first kappa shape index (κ1) is 16.0. The Morgan fingerprint density at radius 3 is 2.68 bits per heavy atom. The molecule has 5 heteroatoms. The monoisotopic (exact) mass is 299 g/mol. The average molecular weight is 299 g/mol. The quantitative estimate of drug-likeness (QED) is 0.887. The predicted octanol–water partition coefficient (Wildman–Crippen LogP) is 2.13. The Morgan fingerprint density at radius 2 is 2.05 bits per heavy atom. The van der Waals surface area contributed by atoms with Gasteiger partial charge in [-0.05, 0) is 38.2 Å². The summed E-state index contributed by atoms with van der Waals surface area (Å²) in [4.78, 5) is 18.1. The van der Waals surface area contributed by atoms with Crippen LogP contribution in [0.4, 0.5) is 0 Å². The molecular formula is C17H21N3O2. The summed E-state index contributed by atoms with van der Waals surface area (Å²) in [6.07, 6.45) is 2.74. The Hall–Kier alpha value is -2.40. The smallest absolute Gasteiger partial charge is 0.253 e. The minimum atomic E-state index is -0.246. The number of rotatable bonds is 5. The van der Waals surface area contributed by atoms with Gasteiger partial charge in [0.05, 0.1) is 17.8 Å². The van der Waals surface area contributed by atoms with Crippen molar-refractivity contribution in [3.05, 3.63) is 59.4 Å². The number of pyridine rings is 1. The SMILES string of the molecule is Cc1ccccc1[C@H](CNC(=O)c1cncc(O)c1)N(C)C. The average Bonchev–Trinajstić information content (AvgIpc) is 2.48. The van der Waals surface area contributed by atoms with Gasteiger partial charge in [0.1, 0.15) is 5.75 Å². The van der Waals surface area contributed by atoms with E-state index in [0.29, 0.717) is 12.1 Å². The normalized spacial score (nSPS) is 12.2. The van der Waals surface area contributed by atoms with E-state index in [0.717, 1.165) is 0 Å². The fourth-order valence-electron chi connectivity index (χ4n) is 2.37. The van der Waals surface area contributed by atoms with Crippen molar-refractivity contribution in [1.29, 1.82) is 0 Å². The molecule has 2 aromatic rings. The zero-order chi connectivity index (χ0) is 16.1. The van der Waals surface area contributed by atoms with Crippen LogP contribution in [0.1, 0.15) is 27.5 Å². The highest BCUT2D eigenvalue weighted by Crippen LogP contribution is 2.21. The van der Waals surface area contributed by atoms with Crippen molar-refractivity contribution in [1.82, 2.24) is 15.2 Å². The maximum Gasteiger partial charge on any atom is 0.253 e. The van der Waals surface area contributed by atoms with E-state index in [1.165, 1.54) is 29.6 Å². The van der Waals surface area contributed by atoms with E-state index in [1.807, 2.05) is 26.2 Å². The molecule has 0 saturated heterocycles. The Bertz CT molecular complexity index is 656. The van der Waals surface area contributed by atoms with Crippen LogP contribution in [0, 0.1) is 6.92 Å². The van der Waals surface area contributed by atoms with Crippen molar-refractivity contribution < 1.29 is 9.90 Å². The number of amides is 1. The summed E-state index contributed by atoms with van der Waals surface area (Å²) in [5.41, 5.74) is 2.72. The van der Waals surface area contributed by atoms with Gasteiger partial charge in [-0.1, -0.05) is 24.3 Å². The van der Waals surface area contributed by atoms with Crippen molar-refractivity contribution in [2.75, 3.05) is 20.6 Å². The molecule has 0 aliphatic carbocycles. The van der Waals surface area contributed by atoms with Gasteiger partial charge in [-0.3, -0.25) is 9.78 Å². The van der Waals surface area contributed by atoms with Crippen molar-refractivity contribution in [3.8, 4) is 5.75 Å². The van der Waals surface area contributed by atoms with Gasteiger partial charge >= 0.3 is 0 Å². The lowest BCUT2D eigenvalue weighted by molar-refractivity contribution is 0.0941. The van der Waals surface area contributed by atoms with Gasteiger partial charge in [0, 0.05) is 12.7 Å². The fourth-order valence-corrected chi connectivity index (χ4v) is 2.37. The molecule has 0 saturated carbocycles. The van der Waals surface area contributed by atoms with Crippen molar-refractivity contribution in [2.24, 2.45) is 0 Å². The summed E-state index contributed by atoms with van der Waals surface area (Å²) in [5, 5.41) is 12.3. The van der Waals surface area contributed by atoms with E-state index in [2.05, 4.69) is 34.3 Å². The molecule has 2 rings (SSSR count). The van der Waals surface area contributed by atoms with E-state index in [1.54, 1.807) is 0 Å². The maximum absolute atomic E-state index is 12.2. The molecule has 0 spiro atoms. The second-order valence-corrected chi connectivity index (χ2v) is 5.48. The standard InChI is InChI=1S/C17H21N3O2/c1-12-6-4-5-7-15(12)16(20(2)3)11-19-17(22)13-8-14(21)10-18-9-13/h4-10,16,21H,11H2,1-3H3,(H,19,22)/t16-/m0/s1. The van der Waals surface area contributed by atoms with Crippen LogP contribution in [0.5, 0.6) is 5.75 Å². The lowest BCUT2D eigenvalue weighted by atomic mass is 10.0. The van der Waals surface area contributed by atoms with Crippen LogP contribution in [0.15, 0.2) is 42.7 Å². The number of aromatic hydroxyl groups is 1. The Labute approximate surface area is 130 Å². The predicted molar refractivity (Wildman–Crippen MR) is 85.8 cm³/mol. The lowest BCUT2D eigenvalue weighted by Gasteiger charge is -2.26. The molecule has 2 N–H and O–H groups in total. The molecule has 1 aromatic carbocycles. The van der Waals surface area contributed by atoms with Gasteiger partial charge in [-0.2, -0.15) is 0 Å². The summed E-state index contributed by atoms with van der Waals surface area (Å²) in [6.45, 7) is 2.54. The summed E-state index contributed by atoms with van der Waals surface area (Å²) < 4.78 is 0. The zero-order valence-corrected chi connectivity index (χ0v) is 13.1.